The highest BCUT2D eigenvalue weighted by Gasteiger charge is 2.18. The summed E-state index contributed by atoms with van der Waals surface area (Å²) in [7, 11) is 0. The smallest absolute Gasteiger partial charge is 0.320 e. The van der Waals surface area contributed by atoms with Gasteiger partial charge in [0.05, 0.1) is 6.54 Å². The zero-order chi connectivity index (χ0) is 22.0. The first-order chi connectivity index (χ1) is 15.8. The van der Waals surface area contributed by atoms with Gasteiger partial charge in [-0.25, -0.2) is 14.8 Å². The van der Waals surface area contributed by atoms with E-state index in [-0.39, 0.29) is 6.03 Å². The van der Waals surface area contributed by atoms with Crippen LogP contribution >= 0.6 is 0 Å². The third-order valence-corrected chi connectivity index (χ3v) is 5.24. The molecule has 166 valence electrons. The predicted octanol–water partition coefficient (Wildman–Crippen LogP) is 3.00. The maximum absolute atomic E-state index is 12.2. The third kappa shape index (κ3) is 6.42. The Kier molecular flexibility index (Phi) is 7.49. The summed E-state index contributed by atoms with van der Waals surface area (Å²) in [5.41, 5.74) is 1.33. The fourth-order valence-corrected chi connectivity index (χ4v) is 3.58. The van der Waals surface area contributed by atoms with Crippen molar-refractivity contribution < 1.29 is 9.53 Å². The van der Waals surface area contributed by atoms with Crippen LogP contribution in [0.4, 0.5) is 16.4 Å². The standard InChI is InChI=1S/C24H28N6O2/c31-24(25-11-16-32-21-9-5-2-6-10-21)28-22-17-23(27-19-26-22)30-14-12-29(13-15-30)18-20-7-3-1-4-8-20/h1-10,17,19H,11-16,18H2,(H2,25,26,27,28,31). The number of nitrogens with one attached hydrogen (secondary N) is 2. The number of piperazine rings is 1. The van der Waals surface area contributed by atoms with Gasteiger partial charge in [0.15, 0.2) is 0 Å². The summed E-state index contributed by atoms with van der Waals surface area (Å²) in [6.07, 6.45) is 1.49. The van der Waals surface area contributed by atoms with E-state index in [0.717, 1.165) is 44.3 Å². The lowest BCUT2D eigenvalue weighted by atomic mass is 10.2. The van der Waals surface area contributed by atoms with Crippen LogP contribution in [0.2, 0.25) is 0 Å². The van der Waals surface area contributed by atoms with E-state index in [2.05, 4.69) is 54.7 Å². The van der Waals surface area contributed by atoms with Gasteiger partial charge in [-0.3, -0.25) is 10.2 Å². The van der Waals surface area contributed by atoms with Crippen LogP contribution in [0, 0.1) is 0 Å². The monoisotopic (exact) mass is 432 g/mol. The zero-order valence-corrected chi connectivity index (χ0v) is 18.0. The van der Waals surface area contributed by atoms with Gasteiger partial charge >= 0.3 is 6.03 Å². The van der Waals surface area contributed by atoms with Crippen LogP contribution < -0.4 is 20.3 Å². The van der Waals surface area contributed by atoms with Crippen LogP contribution in [0.3, 0.4) is 0 Å². The van der Waals surface area contributed by atoms with Crippen LogP contribution in [0.15, 0.2) is 73.1 Å². The highest BCUT2D eigenvalue weighted by molar-refractivity contribution is 5.88. The number of amides is 2. The molecule has 1 aliphatic rings. The lowest BCUT2D eigenvalue weighted by Crippen LogP contribution is -2.46. The van der Waals surface area contributed by atoms with Crippen LogP contribution in [-0.4, -0.2) is 60.2 Å². The van der Waals surface area contributed by atoms with Gasteiger partial charge in [-0.1, -0.05) is 48.5 Å². The summed E-state index contributed by atoms with van der Waals surface area (Å²) in [5.74, 6) is 2.07. The van der Waals surface area contributed by atoms with Crippen molar-refractivity contribution >= 4 is 17.7 Å². The fourth-order valence-electron chi connectivity index (χ4n) is 3.58. The average molecular weight is 433 g/mol. The third-order valence-electron chi connectivity index (χ3n) is 5.24. The summed E-state index contributed by atoms with van der Waals surface area (Å²) in [4.78, 5) is 25.4. The van der Waals surface area contributed by atoms with Gasteiger partial charge < -0.3 is 15.0 Å². The van der Waals surface area contributed by atoms with E-state index in [1.807, 2.05) is 42.5 Å². The molecule has 3 aromatic rings. The lowest BCUT2D eigenvalue weighted by Gasteiger charge is -2.35. The van der Waals surface area contributed by atoms with Crippen molar-refractivity contribution in [1.82, 2.24) is 20.2 Å². The number of rotatable bonds is 8. The molecule has 1 aromatic heterocycles. The first-order valence-electron chi connectivity index (χ1n) is 10.8. The quantitative estimate of drug-likeness (QED) is 0.533. The number of anilines is 2. The Hall–Kier alpha value is -3.65. The number of aromatic nitrogens is 2. The van der Waals surface area contributed by atoms with Crippen LogP contribution in [0.5, 0.6) is 5.75 Å². The number of benzene rings is 2. The van der Waals surface area contributed by atoms with E-state index in [9.17, 15) is 4.79 Å². The molecule has 32 heavy (non-hydrogen) atoms. The Morgan fingerprint density at radius 3 is 2.41 bits per heavy atom. The molecule has 0 atom stereocenters. The van der Waals surface area contributed by atoms with Gasteiger partial charge in [0.25, 0.3) is 0 Å². The number of hydrogen-bond acceptors (Lipinski definition) is 6. The van der Waals surface area contributed by atoms with E-state index in [1.54, 1.807) is 0 Å². The molecule has 1 aliphatic heterocycles. The minimum atomic E-state index is -0.320. The largest absolute Gasteiger partial charge is 0.492 e. The molecule has 0 bridgehead atoms. The molecule has 0 unspecified atom stereocenters. The second kappa shape index (κ2) is 11.1. The second-order valence-electron chi connectivity index (χ2n) is 7.55. The fraction of sp³-hybridized carbons (Fsp3) is 0.292. The number of ether oxygens (including phenoxy) is 1. The minimum Gasteiger partial charge on any atom is -0.492 e. The van der Waals surface area contributed by atoms with Gasteiger partial charge in [-0.05, 0) is 17.7 Å². The Balaban J connectivity index is 1.20. The number of carbonyl (C=O) groups excluding carboxylic acids is 1. The number of para-hydroxylation sites is 1. The Labute approximate surface area is 188 Å². The van der Waals surface area contributed by atoms with E-state index < -0.39 is 0 Å². The average Bonchev–Trinajstić information content (AvgIpc) is 2.84. The lowest BCUT2D eigenvalue weighted by molar-refractivity contribution is 0.247. The molecule has 2 aromatic carbocycles. The van der Waals surface area contributed by atoms with Crippen LogP contribution in [-0.2, 0) is 6.54 Å². The Morgan fingerprint density at radius 1 is 0.938 bits per heavy atom. The molecular weight excluding hydrogens is 404 g/mol. The van der Waals surface area contributed by atoms with Gasteiger partial charge in [-0.15, -0.1) is 0 Å². The number of carbonyl (C=O) groups is 1. The summed E-state index contributed by atoms with van der Waals surface area (Å²) in [6.45, 7) is 5.42. The minimum absolute atomic E-state index is 0.320. The molecule has 2 heterocycles. The van der Waals surface area contributed by atoms with E-state index in [0.29, 0.717) is 19.0 Å². The van der Waals surface area contributed by atoms with E-state index in [4.69, 9.17) is 4.74 Å². The van der Waals surface area contributed by atoms with Crippen molar-refractivity contribution in [3.63, 3.8) is 0 Å². The summed E-state index contributed by atoms with van der Waals surface area (Å²) in [6, 6.07) is 21.5. The maximum atomic E-state index is 12.2. The van der Waals surface area contributed by atoms with Crippen LogP contribution in [0.1, 0.15) is 5.56 Å². The van der Waals surface area contributed by atoms with Crippen molar-refractivity contribution in [3.05, 3.63) is 78.6 Å². The highest BCUT2D eigenvalue weighted by Crippen LogP contribution is 2.17. The summed E-state index contributed by atoms with van der Waals surface area (Å²) in [5, 5.41) is 5.54. The number of urea groups is 1. The van der Waals surface area contributed by atoms with Gasteiger partial charge in [-0.2, -0.15) is 0 Å². The SMILES string of the molecule is O=C(NCCOc1ccccc1)Nc1cc(N2CCN(Cc3ccccc3)CC2)ncn1. The molecule has 0 saturated carbocycles. The molecule has 2 amide bonds. The van der Waals surface area contributed by atoms with Crippen molar-refractivity contribution in [2.75, 3.05) is 49.5 Å². The first-order valence-corrected chi connectivity index (χ1v) is 10.8. The molecule has 4 rings (SSSR count). The predicted molar refractivity (Wildman–Crippen MR) is 125 cm³/mol. The van der Waals surface area contributed by atoms with Gasteiger partial charge in [0.2, 0.25) is 0 Å². The number of nitrogens with zero attached hydrogens (tertiary/aromatic N) is 4. The molecule has 0 radical (unpaired) electrons. The zero-order valence-electron chi connectivity index (χ0n) is 18.0. The topological polar surface area (TPSA) is 82.6 Å². The Bertz CT molecular complexity index is 978. The van der Waals surface area contributed by atoms with Crippen molar-refractivity contribution in [1.29, 1.82) is 0 Å². The van der Waals surface area contributed by atoms with Crippen molar-refractivity contribution in [2.45, 2.75) is 6.54 Å². The molecule has 0 aliphatic carbocycles. The molecule has 8 heteroatoms. The normalized spacial score (nSPS) is 14.1. The molecule has 0 spiro atoms. The summed E-state index contributed by atoms with van der Waals surface area (Å²) >= 11 is 0. The van der Waals surface area contributed by atoms with Gasteiger partial charge in [0, 0.05) is 38.8 Å². The summed E-state index contributed by atoms with van der Waals surface area (Å²) < 4.78 is 5.57. The molecule has 8 nitrogen and oxygen atoms in total. The Morgan fingerprint density at radius 2 is 1.66 bits per heavy atom. The van der Waals surface area contributed by atoms with Gasteiger partial charge in [0.1, 0.15) is 30.3 Å². The van der Waals surface area contributed by atoms with E-state index >= 15 is 0 Å². The van der Waals surface area contributed by atoms with Crippen molar-refractivity contribution in [3.8, 4) is 5.75 Å². The molecule has 1 fully saturated rings. The van der Waals surface area contributed by atoms with E-state index in [1.165, 1.54) is 11.9 Å². The number of hydrogen-bond donors (Lipinski definition) is 2. The molecule has 2 N–H and O–H groups in total. The first kappa shape index (κ1) is 21.6. The highest BCUT2D eigenvalue weighted by atomic mass is 16.5. The second-order valence-corrected chi connectivity index (χ2v) is 7.55. The van der Waals surface area contributed by atoms with Crippen molar-refractivity contribution in [2.24, 2.45) is 0 Å². The molecule has 1 saturated heterocycles. The maximum Gasteiger partial charge on any atom is 0.320 e. The van der Waals surface area contributed by atoms with Crippen LogP contribution in [0.25, 0.3) is 0 Å². The molecular formula is C24H28N6O2.